The molecular formula is C45H38B10N4O. The fourth-order valence-electron chi connectivity index (χ4n) is 9.67. The summed E-state index contributed by atoms with van der Waals surface area (Å²) in [4.78, 5) is 16.2. The summed E-state index contributed by atoms with van der Waals surface area (Å²) in [7, 11) is 22.1. The molecule has 15 heteroatoms. The monoisotopic (exact) mass is 760 g/mol. The van der Waals surface area contributed by atoms with Crippen LogP contribution >= 0.6 is 0 Å². The van der Waals surface area contributed by atoms with Crippen LogP contribution in [-0.2, 0) is 0 Å². The van der Waals surface area contributed by atoms with E-state index in [-0.39, 0.29) is 0 Å². The first-order valence-corrected chi connectivity index (χ1v) is 20.9. The Morgan fingerprint density at radius 1 is 0.400 bits per heavy atom. The van der Waals surface area contributed by atoms with Gasteiger partial charge in [-0.3, -0.25) is 0 Å². The third-order valence-electron chi connectivity index (χ3n) is 13.8. The number of aromatic nitrogens is 4. The quantitative estimate of drug-likeness (QED) is 0.165. The Labute approximate surface area is 359 Å². The van der Waals surface area contributed by atoms with Gasteiger partial charge in [-0.1, -0.05) is 94.6 Å². The van der Waals surface area contributed by atoms with Gasteiger partial charge in [0.15, 0.2) is 17.5 Å². The number of fused-ring (bicyclic) bond motifs is 6. The number of rotatable bonds is 5. The molecule has 0 unspecified atom stereocenters. The molecule has 0 N–H and O–H groups in total. The molecule has 0 amide bonds. The fraction of sp³-hybridized carbons (Fsp3) is 0. The molecule has 0 radical (unpaired) electrons. The second kappa shape index (κ2) is 14.2. The smallest absolute Gasteiger partial charge is 0.164 e. The van der Waals surface area contributed by atoms with Crippen molar-refractivity contribution in [3.05, 3.63) is 109 Å². The highest BCUT2D eigenvalue weighted by Crippen LogP contribution is 2.41. The molecule has 274 valence electrons. The number of hydrogen-bond acceptors (Lipinski definition) is 4. The molecule has 0 fully saturated rings. The van der Waals surface area contributed by atoms with Crippen LogP contribution in [0.15, 0.2) is 114 Å². The first kappa shape index (κ1) is 38.0. The molecule has 0 aliphatic heterocycles. The van der Waals surface area contributed by atoms with Crippen molar-refractivity contribution in [1.29, 1.82) is 0 Å². The predicted octanol–water partition coefficient (Wildman–Crippen LogP) is -5.88. The number of benzene rings is 7. The molecule has 10 aromatic rings. The van der Waals surface area contributed by atoms with Gasteiger partial charge in [-0.15, -0.1) is 32.8 Å². The lowest BCUT2D eigenvalue weighted by atomic mass is 9.60. The van der Waals surface area contributed by atoms with Crippen LogP contribution in [0.5, 0.6) is 0 Å². The van der Waals surface area contributed by atoms with Crippen LogP contribution in [0.25, 0.3) is 94.7 Å². The predicted molar refractivity (Wildman–Crippen MR) is 285 cm³/mol. The normalized spacial score (nSPS) is 11.7. The number of para-hydroxylation sites is 3. The molecule has 3 heterocycles. The topological polar surface area (TPSA) is 56.7 Å². The first-order chi connectivity index (χ1) is 28.9. The Morgan fingerprint density at radius 3 is 1.55 bits per heavy atom. The summed E-state index contributed by atoms with van der Waals surface area (Å²) in [5.74, 6) is 2.01. The van der Waals surface area contributed by atoms with Crippen LogP contribution in [0.4, 0.5) is 0 Å². The van der Waals surface area contributed by atoms with Gasteiger partial charge in [0.25, 0.3) is 0 Å². The van der Waals surface area contributed by atoms with Crippen molar-refractivity contribution >= 4 is 177 Å². The van der Waals surface area contributed by atoms with Crippen molar-refractivity contribution in [2.45, 2.75) is 0 Å². The summed E-state index contributed by atoms with van der Waals surface area (Å²) in [6.45, 7) is 0. The van der Waals surface area contributed by atoms with Gasteiger partial charge in [-0.2, -0.15) is 0 Å². The third kappa shape index (κ3) is 5.65. The van der Waals surface area contributed by atoms with E-state index in [1.165, 1.54) is 76.4 Å². The summed E-state index contributed by atoms with van der Waals surface area (Å²) in [6.07, 6.45) is 0. The maximum absolute atomic E-state index is 6.65. The summed E-state index contributed by atoms with van der Waals surface area (Å²) in [5, 5.41) is 4.45. The maximum atomic E-state index is 6.65. The second-order valence-electron chi connectivity index (χ2n) is 16.7. The van der Waals surface area contributed by atoms with E-state index in [2.05, 4.69) is 192 Å². The largest absolute Gasteiger partial charge is 0.456 e. The lowest BCUT2D eigenvalue weighted by Gasteiger charge is -2.22. The molecule has 0 spiro atoms. The molecule has 0 aliphatic rings. The minimum Gasteiger partial charge on any atom is -0.456 e. The molecule has 7 aromatic carbocycles. The van der Waals surface area contributed by atoms with Gasteiger partial charge in [0.05, 0.1) is 11.0 Å². The van der Waals surface area contributed by atoms with E-state index in [1.807, 2.05) is 0 Å². The van der Waals surface area contributed by atoms with Gasteiger partial charge >= 0.3 is 0 Å². The maximum Gasteiger partial charge on any atom is 0.164 e. The van der Waals surface area contributed by atoms with Crippen molar-refractivity contribution in [1.82, 2.24) is 19.5 Å². The van der Waals surface area contributed by atoms with Crippen LogP contribution in [0.2, 0.25) is 0 Å². The van der Waals surface area contributed by atoms with Gasteiger partial charge in [-0.25, -0.2) is 15.0 Å². The molecule has 10 rings (SSSR count). The minimum absolute atomic E-state index is 0.629. The lowest BCUT2D eigenvalue weighted by Crippen LogP contribution is -2.55. The Balaban J connectivity index is 1.26. The summed E-state index contributed by atoms with van der Waals surface area (Å²) in [6, 6.07) is 38.8. The van der Waals surface area contributed by atoms with Crippen molar-refractivity contribution in [3.63, 3.8) is 0 Å². The number of nitrogens with zero attached hydrogens (tertiary/aromatic N) is 4. The lowest BCUT2D eigenvalue weighted by molar-refractivity contribution is 0.669. The fourth-order valence-corrected chi connectivity index (χ4v) is 9.67. The average Bonchev–Trinajstić information content (AvgIpc) is 3.82. The molecule has 0 saturated heterocycles. The SMILES string of the molecule is Bc1c(B)c(B)c(-c2nc(-c3c(B)c(B)c(B)c(B)c3B)nc(-c3cccc4oc5ccc(-c6cccc7c8ccccc8n(-c8ccccc8)c67)cc5c34)n2)c(B)c1B. The molecule has 0 saturated carbocycles. The molecule has 3 aromatic heterocycles. The van der Waals surface area contributed by atoms with Crippen molar-refractivity contribution < 1.29 is 4.42 Å². The van der Waals surface area contributed by atoms with Gasteiger partial charge in [0.1, 0.15) is 89.6 Å². The molecule has 5 nitrogen and oxygen atoms in total. The van der Waals surface area contributed by atoms with Crippen LogP contribution in [0.1, 0.15) is 0 Å². The summed E-state index contributed by atoms with van der Waals surface area (Å²) in [5.41, 5.74) is 22.9. The second-order valence-corrected chi connectivity index (χ2v) is 16.7. The van der Waals surface area contributed by atoms with Crippen molar-refractivity contribution in [2.75, 3.05) is 0 Å². The molecule has 0 bridgehead atoms. The van der Waals surface area contributed by atoms with Gasteiger partial charge in [0, 0.05) is 49.5 Å². The van der Waals surface area contributed by atoms with Crippen LogP contribution in [-0.4, -0.2) is 98.0 Å². The standard InChI is InChI=1S/C45H38B10N4O/c46-32-30(33(47)37(51)40(54)36(32)50)44-56-43(57-45(58-44)31-34(48)38(52)41(55)39(53)35(31)49)24-13-7-15-28-29(24)25-18-19(16-17-27(25)60-28)21-11-6-12-23-22-10-4-5-14-26(22)59(42(21)23)20-8-2-1-3-9-20/h1-18H,46-55H2. The molecule has 60 heavy (non-hydrogen) atoms. The molecule has 0 aliphatic carbocycles. The zero-order valence-electron chi connectivity index (χ0n) is 36.1. The highest BCUT2D eigenvalue weighted by molar-refractivity contribution is 6.70. The van der Waals surface area contributed by atoms with E-state index in [0.29, 0.717) is 17.5 Å². The van der Waals surface area contributed by atoms with Crippen LogP contribution in [0.3, 0.4) is 0 Å². The van der Waals surface area contributed by atoms with Crippen molar-refractivity contribution in [2.24, 2.45) is 0 Å². The minimum atomic E-state index is 0.629. The zero-order chi connectivity index (χ0) is 41.7. The van der Waals surface area contributed by atoms with Crippen LogP contribution in [0, 0.1) is 0 Å². The van der Waals surface area contributed by atoms with E-state index in [4.69, 9.17) is 19.4 Å². The number of hydrogen-bond donors (Lipinski definition) is 0. The average molecular weight is 759 g/mol. The highest BCUT2D eigenvalue weighted by atomic mass is 16.3. The molecular weight excluding hydrogens is 721 g/mol. The Hall–Kier alpha value is -6.20. The Morgan fingerprint density at radius 2 is 0.917 bits per heavy atom. The highest BCUT2D eigenvalue weighted by Gasteiger charge is 2.24. The van der Waals surface area contributed by atoms with E-state index in [1.54, 1.807) is 0 Å². The van der Waals surface area contributed by atoms with E-state index < -0.39 is 0 Å². The van der Waals surface area contributed by atoms with Gasteiger partial charge in [0.2, 0.25) is 0 Å². The van der Waals surface area contributed by atoms with E-state index >= 15 is 0 Å². The third-order valence-corrected chi connectivity index (χ3v) is 13.8. The number of furan rings is 1. The van der Waals surface area contributed by atoms with E-state index in [0.717, 1.165) is 55.4 Å². The van der Waals surface area contributed by atoms with Crippen molar-refractivity contribution in [3.8, 4) is 51.0 Å². The summed E-state index contributed by atoms with van der Waals surface area (Å²) >= 11 is 0. The Kier molecular flexibility index (Phi) is 9.02. The first-order valence-electron chi connectivity index (χ1n) is 20.9. The van der Waals surface area contributed by atoms with Gasteiger partial charge in [-0.05, 0) is 42.0 Å². The van der Waals surface area contributed by atoms with Crippen LogP contribution < -0.4 is 54.6 Å². The summed E-state index contributed by atoms with van der Waals surface area (Å²) < 4.78 is 9.05. The Bertz CT molecular complexity index is 3310. The van der Waals surface area contributed by atoms with E-state index in [9.17, 15) is 0 Å². The molecule has 0 atom stereocenters. The van der Waals surface area contributed by atoms with Gasteiger partial charge < -0.3 is 8.98 Å². The zero-order valence-corrected chi connectivity index (χ0v) is 36.1.